The molecule has 0 radical (unpaired) electrons. The predicted octanol–water partition coefficient (Wildman–Crippen LogP) is 4.21. The minimum Gasteiger partial charge on any atom is -0.354 e. The molecule has 1 saturated heterocycles. The highest BCUT2D eigenvalue weighted by molar-refractivity contribution is 7.99. The Morgan fingerprint density at radius 3 is 2.71 bits per heavy atom. The van der Waals surface area contributed by atoms with Crippen LogP contribution in [0.15, 0.2) is 53.7 Å². The van der Waals surface area contributed by atoms with Gasteiger partial charge in [-0.2, -0.15) is 0 Å². The Hall–Kier alpha value is -3.13. The Morgan fingerprint density at radius 2 is 1.91 bits per heavy atom. The number of benzene rings is 2. The number of thioether (sulfide) groups is 1. The van der Waals surface area contributed by atoms with Gasteiger partial charge in [-0.1, -0.05) is 59.8 Å². The fourth-order valence-electron chi connectivity index (χ4n) is 4.02. The SMILES string of the molecule is Cc1ccc(-c2nnc(SCCCC(=O)NC3CCCCNC3=O)n2-c2ccccc2C)cc1. The molecule has 0 saturated carbocycles. The summed E-state index contributed by atoms with van der Waals surface area (Å²) in [6.45, 7) is 4.83. The third kappa shape index (κ3) is 5.86. The van der Waals surface area contributed by atoms with Crippen LogP contribution in [0.4, 0.5) is 0 Å². The van der Waals surface area contributed by atoms with Gasteiger partial charge in [-0.3, -0.25) is 14.2 Å². The van der Waals surface area contributed by atoms with Gasteiger partial charge in [0.1, 0.15) is 6.04 Å². The zero-order valence-corrected chi connectivity index (χ0v) is 20.5. The summed E-state index contributed by atoms with van der Waals surface area (Å²) in [7, 11) is 0. The number of amides is 2. The van der Waals surface area contributed by atoms with Crippen molar-refractivity contribution in [2.24, 2.45) is 0 Å². The first-order valence-electron chi connectivity index (χ1n) is 11.8. The molecule has 7 nitrogen and oxygen atoms in total. The van der Waals surface area contributed by atoms with Crippen LogP contribution in [0.25, 0.3) is 17.1 Å². The van der Waals surface area contributed by atoms with Crippen molar-refractivity contribution < 1.29 is 9.59 Å². The van der Waals surface area contributed by atoms with Crippen molar-refractivity contribution in [1.29, 1.82) is 0 Å². The van der Waals surface area contributed by atoms with Gasteiger partial charge >= 0.3 is 0 Å². The van der Waals surface area contributed by atoms with Crippen LogP contribution in [0.1, 0.15) is 43.2 Å². The quantitative estimate of drug-likeness (QED) is 0.375. The third-order valence-corrected chi connectivity index (χ3v) is 6.96. The molecule has 0 spiro atoms. The molecule has 2 amide bonds. The molecule has 178 valence electrons. The lowest BCUT2D eigenvalue weighted by Crippen LogP contribution is -2.45. The average molecular weight is 478 g/mol. The molecule has 1 unspecified atom stereocenters. The first-order valence-corrected chi connectivity index (χ1v) is 12.8. The smallest absolute Gasteiger partial charge is 0.242 e. The predicted molar refractivity (Wildman–Crippen MR) is 135 cm³/mol. The minimum atomic E-state index is -0.413. The summed E-state index contributed by atoms with van der Waals surface area (Å²) >= 11 is 1.59. The van der Waals surface area contributed by atoms with Crippen molar-refractivity contribution in [3.05, 3.63) is 59.7 Å². The van der Waals surface area contributed by atoms with Gasteiger partial charge in [0.15, 0.2) is 11.0 Å². The number of aromatic nitrogens is 3. The number of carbonyl (C=O) groups is 2. The summed E-state index contributed by atoms with van der Waals surface area (Å²) in [5.74, 6) is 1.37. The second-order valence-corrected chi connectivity index (χ2v) is 9.72. The maximum atomic E-state index is 12.4. The number of nitrogens with one attached hydrogen (secondary N) is 2. The Kier molecular flexibility index (Phi) is 8.00. The summed E-state index contributed by atoms with van der Waals surface area (Å²) in [6.07, 6.45) is 3.66. The fraction of sp³-hybridized carbons (Fsp3) is 0.385. The van der Waals surface area contributed by atoms with Gasteiger partial charge in [-0.05, 0) is 51.2 Å². The van der Waals surface area contributed by atoms with E-state index in [4.69, 9.17) is 0 Å². The zero-order chi connectivity index (χ0) is 23.9. The van der Waals surface area contributed by atoms with E-state index in [2.05, 4.69) is 75.6 Å². The minimum absolute atomic E-state index is 0.0739. The van der Waals surface area contributed by atoms with Gasteiger partial charge < -0.3 is 10.6 Å². The molecule has 0 aliphatic carbocycles. The summed E-state index contributed by atoms with van der Waals surface area (Å²) in [5.41, 5.74) is 4.38. The van der Waals surface area contributed by atoms with Crippen molar-refractivity contribution in [1.82, 2.24) is 25.4 Å². The summed E-state index contributed by atoms with van der Waals surface area (Å²) in [6, 6.07) is 16.1. The van der Waals surface area contributed by atoms with Crippen LogP contribution in [-0.4, -0.2) is 44.9 Å². The summed E-state index contributed by atoms with van der Waals surface area (Å²) in [5, 5.41) is 15.5. The number of para-hydroxylation sites is 1. The lowest BCUT2D eigenvalue weighted by atomic mass is 10.1. The van der Waals surface area contributed by atoms with Crippen molar-refractivity contribution in [2.45, 2.75) is 57.1 Å². The Morgan fingerprint density at radius 1 is 1.12 bits per heavy atom. The van der Waals surface area contributed by atoms with E-state index >= 15 is 0 Å². The highest BCUT2D eigenvalue weighted by Crippen LogP contribution is 2.30. The maximum absolute atomic E-state index is 12.4. The second-order valence-electron chi connectivity index (χ2n) is 8.65. The number of rotatable bonds is 8. The number of aryl methyl sites for hydroxylation is 2. The first kappa shape index (κ1) is 24.0. The zero-order valence-electron chi connectivity index (χ0n) is 19.7. The average Bonchev–Trinajstić information content (AvgIpc) is 3.14. The third-order valence-electron chi connectivity index (χ3n) is 5.95. The van der Waals surface area contributed by atoms with Gasteiger partial charge in [-0.25, -0.2) is 0 Å². The van der Waals surface area contributed by atoms with Gasteiger partial charge in [0.25, 0.3) is 0 Å². The highest BCUT2D eigenvalue weighted by Gasteiger charge is 2.22. The normalized spacial score (nSPS) is 16.1. The molecule has 4 rings (SSSR count). The molecule has 2 N–H and O–H groups in total. The molecule has 8 heteroatoms. The number of carbonyl (C=O) groups excluding carboxylic acids is 2. The van der Waals surface area contributed by atoms with Gasteiger partial charge in [0, 0.05) is 24.3 Å². The Labute approximate surface area is 204 Å². The molecule has 1 aliphatic heterocycles. The van der Waals surface area contributed by atoms with E-state index in [-0.39, 0.29) is 11.8 Å². The van der Waals surface area contributed by atoms with Crippen molar-refractivity contribution >= 4 is 23.6 Å². The molecule has 0 bridgehead atoms. The summed E-state index contributed by atoms with van der Waals surface area (Å²) < 4.78 is 2.10. The fourth-order valence-corrected chi connectivity index (χ4v) is 4.91. The van der Waals surface area contributed by atoms with Crippen LogP contribution < -0.4 is 10.6 Å². The Balaban J connectivity index is 1.43. The van der Waals surface area contributed by atoms with Crippen LogP contribution in [0.5, 0.6) is 0 Å². The van der Waals surface area contributed by atoms with Gasteiger partial charge in [0.2, 0.25) is 11.8 Å². The number of hydrogen-bond acceptors (Lipinski definition) is 5. The van der Waals surface area contributed by atoms with Crippen LogP contribution in [0.3, 0.4) is 0 Å². The first-order chi connectivity index (χ1) is 16.5. The van der Waals surface area contributed by atoms with E-state index in [1.54, 1.807) is 11.8 Å². The van der Waals surface area contributed by atoms with E-state index in [1.165, 1.54) is 5.56 Å². The molecule has 2 aromatic carbocycles. The van der Waals surface area contributed by atoms with Crippen molar-refractivity contribution in [3.8, 4) is 17.1 Å². The highest BCUT2D eigenvalue weighted by atomic mass is 32.2. The topological polar surface area (TPSA) is 88.9 Å². The monoisotopic (exact) mass is 477 g/mol. The van der Waals surface area contributed by atoms with E-state index < -0.39 is 6.04 Å². The maximum Gasteiger partial charge on any atom is 0.242 e. The second kappa shape index (κ2) is 11.3. The molecule has 1 atom stereocenters. The van der Waals surface area contributed by atoms with Gasteiger partial charge in [0.05, 0.1) is 5.69 Å². The van der Waals surface area contributed by atoms with E-state index in [0.717, 1.165) is 46.4 Å². The molecule has 1 aromatic heterocycles. The standard InChI is InChI=1S/C26H31N5O2S/c1-18-12-14-20(15-13-18)24-29-30-26(31(24)22-10-4-3-8-19(22)2)34-17-7-11-23(32)28-21-9-5-6-16-27-25(21)33/h3-4,8,10,12-15,21H,5-7,9,11,16-17H2,1-2H3,(H,27,33)(H,28,32). The van der Waals surface area contributed by atoms with E-state index in [0.29, 0.717) is 25.8 Å². The molecular weight excluding hydrogens is 446 g/mol. The lowest BCUT2D eigenvalue weighted by molar-refractivity contribution is -0.128. The molecular formula is C26H31N5O2S. The molecule has 1 fully saturated rings. The number of hydrogen-bond donors (Lipinski definition) is 2. The largest absolute Gasteiger partial charge is 0.354 e. The molecule has 1 aliphatic rings. The van der Waals surface area contributed by atoms with Crippen molar-refractivity contribution in [3.63, 3.8) is 0 Å². The lowest BCUT2D eigenvalue weighted by Gasteiger charge is -2.15. The van der Waals surface area contributed by atoms with Crippen LogP contribution >= 0.6 is 11.8 Å². The Bertz CT molecular complexity index is 1140. The molecule has 3 aromatic rings. The van der Waals surface area contributed by atoms with Crippen LogP contribution in [-0.2, 0) is 9.59 Å². The van der Waals surface area contributed by atoms with E-state index in [1.807, 2.05) is 12.1 Å². The van der Waals surface area contributed by atoms with Crippen molar-refractivity contribution in [2.75, 3.05) is 12.3 Å². The molecule has 2 heterocycles. The summed E-state index contributed by atoms with van der Waals surface area (Å²) in [4.78, 5) is 24.5. The van der Waals surface area contributed by atoms with E-state index in [9.17, 15) is 9.59 Å². The molecule has 34 heavy (non-hydrogen) atoms. The van der Waals surface area contributed by atoms with Gasteiger partial charge in [-0.15, -0.1) is 10.2 Å². The van der Waals surface area contributed by atoms with Crippen LogP contribution in [0.2, 0.25) is 0 Å². The van der Waals surface area contributed by atoms with Crippen LogP contribution in [0, 0.1) is 13.8 Å². The number of nitrogens with zero attached hydrogens (tertiary/aromatic N) is 3.